The third-order valence-corrected chi connectivity index (χ3v) is 12.0. The van der Waals surface area contributed by atoms with Gasteiger partial charge in [0.1, 0.15) is 0 Å². The van der Waals surface area contributed by atoms with Crippen molar-refractivity contribution in [2.75, 3.05) is 77.0 Å². The molecule has 5 heterocycles. The molecule has 0 spiro atoms. The fourth-order valence-electron chi connectivity index (χ4n) is 7.73. The minimum absolute atomic E-state index is 0.0187. The smallest absolute Gasteiger partial charge is 0.397 e. The topological polar surface area (TPSA) is 105 Å². The number of piperidine rings is 2. The minimum atomic E-state index is -4.72. The van der Waals surface area contributed by atoms with E-state index in [2.05, 4.69) is 22.2 Å². The number of urea groups is 1. The van der Waals surface area contributed by atoms with E-state index < -0.39 is 23.3 Å². The summed E-state index contributed by atoms with van der Waals surface area (Å²) in [4.78, 5) is 52.1. The number of anilines is 2. The summed E-state index contributed by atoms with van der Waals surface area (Å²) in [5.41, 5.74) is 5.15. The number of carbonyl (C=O) groups is 3. The summed E-state index contributed by atoms with van der Waals surface area (Å²) in [7, 11) is 2.11. The third-order valence-electron chi connectivity index (χ3n) is 10.7. The summed E-state index contributed by atoms with van der Waals surface area (Å²) < 4.78 is 41.4. The summed E-state index contributed by atoms with van der Waals surface area (Å²) >= 11 is 7.77. The summed E-state index contributed by atoms with van der Waals surface area (Å²) in [5.74, 6) is -1.30. The standard InChI is InChI=1S/C34H45ClF3N7O3S/c1-41-13-15-42(16-14-41)24-2-10-44(11-3-24)32(47)23(18-22-19-26(34(36,37)38)31(39)27(35)20-22)21-30(46)43-8-4-25(5-9-43)45-12-6-29-28(7-17-49-29)40-33(45)48/h7,17,19-20,23-25H,2-6,8-16,18,21,39H2,1H3,(H,40,48)/t23-/m0/s1. The van der Waals surface area contributed by atoms with E-state index in [1.165, 1.54) is 6.07 Å². The van der Waals surface area contributed by atoms with Crippen molar-refractivity contribution in [3.8, 4) is 0 Å². The molecule has 3 fully saturated rings. The number of amides is 4. The number of piperazine rings is 1. The van der Waals surface area contributed by atoms with Crippen molar-refractivity contribution < 1.29 is 27.6 Å². The van der Waals surface area contributed by atoms with Gasteiger partial charge in [-0.15, -0.1) is 11.3 Å². The molecule has 15 heteroatoms. The van der Waals surface area contributed by atoms with Gasteiger partial charge in [0.25, 0.3) is 0 Å². The summed E-state index contributed by atoms with van der Waals surface area (Å²) in [6, 6.07) is 4.45. The first kappa shape index (κ1) is 35.7. The second kappa shape index (κ2) is 15.0. The van der Waals surface area contributed by atoms with E-state index in [0.29, 0.717) is 51.6 Å². The number of nitrogens with one attached hydrogen (secondary N) is 1. The van der Waals surface area contributed by atoms with Crippen LogP contribution in [-0.2, 0) is 28.6 Å². The quantitative estimate of drug-likeness (QED) is 0.396. The van der Waals surface area contributed by atoms with E-state index in [-0.39, 0.29) is 47.3 Å². The Labute approximate surface area is 294 Å². The fourth-order valence-corrected chi connectivity index (χ4v) is 8.79. The first-order chi connectivity index (χ1) is 23.4. The lowest BCUT2D eigenvalue weighted by atomic mass is 9.91. The molecule has 0 radical (unpaired) electrons. The molecular weight excluding hydrogens is 679 g/mol. The molecule has 3 N–H and O–H groups in total. The molecule has 0 aliphatic carbocycles. The van der Waals surface area contributed by atoms with Gasteiger partial charge in [-0.2, -0.15) is 13.2 Å². The Morgan fingerprint density at radius 3 is 2.31 bits per heavy atom. The number of likely N-dealkylation sites (N-methyl/N-ethyl adjacent to an activating group) is 1. The Hall–Kier alpha value is -3.07. The Balaban J connectivity index is 1.12. The number of alkyl halides is 3. The van der Waals surface area contributed by atoms with E-state index in [0.717, 1.165) is 62.1 Å². The number of halogens is 4. The monoisotopic (exact) mass is 723 g/mol. The van der Waals surface area contributed by atoms with Crippen LogP contribution in [0.15, 0.2) is 23.6 Å². The zero-order valence-corrected chi connectivity index (χ0v) is 29.4. The van der Waals surface area contributed by atoms with Crippen molar-refractivity contribution in [3.63, 3.8) is 0 Å². The molecular formula is C34H45ClF3N7O3S. The highest BCUT2D eigenvalue weighted by Crippen LogP contribution is 2.39. The van der Waals surface area contributed by atoms with Gasteiger partial charge in [-0.25, -0.2) is 4.79 Å². The van der Waals surface area contributed by atoms with Crippen LogP contribution in [0.4, 0.5) is 29.3 Å². The molecule has 6 rings (SSSR count). The number of rotatable bonds is 7. The van der Waals surface area contributed by atoms with Crippen LogP contribution < -0.4 is 11.1 Å². The Morgan fingerprint density at radius 1 is 0.980 bits per heavy atom. The van der Waals surface area contributed by atoms with Gasteiger partial charge < -0.3 is 30.7 Å². The number of carbonyl (C=O) groups excluding carboxylic acids is 3. The fraction of sp³-hybridized carbons (Fsp3) is 0.618. The number of fused-ring (bicyclic) bond motifs is 1. The number of likely N-dealkylation sites (tertiary alicyclic amines) is 2. The molecule has 1 aromatic heterocycles. The molecule has 0 saturated carbocycles. The average Bonchev–Trinajstić information content (AvgIpc) is 3.45. The highest BCUT2D eigenvalue weighted by molar-refractivity contribution is 7.10. The number of nitrogens with two attached hydrogens (primary N) is 1. The lowest BCUT2D eigenvalue weighted by Crippen LogP contribution is -2.53. The van der Waals surface area contributed by atoms with Crippen LogP contribution in [0, 0.1) is 5.92 Å². The number of thiophene rings is 1. The molecule has 1 atom stereocenters. The molecule has 0 unspecified atom stereocenters. The maximum absolute atomic E-state index is 14.1. The largest absolute Gasteiger partial charge is 0.418 e. The second-order valence-corrected chi connectivity index (χ2v) is 15.2. The van der Waals surface area contributed by atoms with Crippen molar-refractivity contribution in [3.05, 3.63) is 44.6 Å². The van der Waals surface area contributed by atoms with Crippen LogP contribution in [0.3, 0.4) is 0 Å². The Morgan fingerprint density at radius 2 is 1.63 bits per heavy atom. The highest BCUT2D eigenvalue weighted by Gasteiger charge is 2.38. The molecule has 268 valence electrons. The molecule has 0 bridgehead atoms. The summed E-state index contributed by atoms with van der Waals surface area (Å²) in [6.45, 7) is 6.51. The van der Waals surface area contributed by atoms with E-state index >= 15 is 0 Å². The van der Waals surface area contributed by atoms with Crippen molar-refractivity contribution in [2.24, 2.45) is 5.92 Å². The molecule has 4 amide bonds. The van der Waals surface area contributed by atoms with Gasteiger partial charge in [0.15, 0.2) is 0 Å². The number of benzene rings is 1. The van der Waals surface area contributed by atoms with Crippen LogP contribution in [-0.4, -0.2) is 120 Å². The molecule has 4 aliphatic heterocycles. The number of nitrogen functional groups attached to an aromatic ring is 1. The van der Waals surface area contributed by atoms with Crippen LogP contribution >= 0.6 is 22.9 Å². The molecule has 3 saturated heterocycles. The van der Waals surface area contributed by atoms with Crippen molar-refractivity contribution in [2.45, 2.75) is 63.2 Å². The first-order valence-electron chi connectivity index (χ1n) is 17.2. The molecule has 10 nitrogen and oxygen atoms in total. The Bertz CT molecular complexity index is 1520. The predicted molar refractivity (Wildman–Crippen MR) is 185 cm³/mol. The molecule has 2 aromatic rings. The second-order valence-electron chi connectivity index (χ2n) is 13.8. The van der Waals surface area contributed by atoms with Gasteiger partial charge >= 0.3 is 12.2 Å². The van der Waals surface area contributed by atoms with Gasteiger partial charge in [0.05, 0.1) is 27.9 Å². The van der Waals surface area contributed by atoms with Gasteiger partial charge in [0, 0.05) is 88.7 Å². The SMILES string of the molecule is CN1CCN(C2CCN(C(=O)[C@H](CC(=O)N3CCC(N4CCc5sccc5NC4=O)CC3)Cc3cc(Cl)c(N)c(C(F)(F)F)c3)CC2)CC1. The number of nitrogens with zero attached hydrogens (tertiary/aromatic N) is 5. The Kier molecular flexibility index (Phi) is 11.0. The van der Waals surface area contributed by atoms with Crippen LogP contribution in [0.5, 0.6) is 0 Å². The highest BCUT2D eigenvalue weighted by atomic mass is 35.5. The molecule has 49 heavy (non-hydrogen) atoms. The average molecular weight is 724 g/mol. The maximum atomic E-state index is 14.1. The normalized spacial score (nSPS) is 21.3. The predicted octanol–water partition coefficient (Wildman–Crippen LogP) is 4.87. The molecule has 1 aromatic carbocycles. The lowest BCUT2D eigenvalue weighted by Gasteiger charge is -2.42. The maximum Gasteiger partial charge on any atom is 0.418 e. The minimum Gasteiger partial charge on any atom is -0.397 e. The number of hydrogen-bond acceptors (Lipinski definition) is 7. The van der Waals surface area contributed by atoms with Gasteiger partial charge in [-0.1, -0.05) is 11.6 Å². The third kappa shape index (κ3) is 8.29. The van der Waals surface area contributed by atoms with E-state index in [1.807, 2.05) is 16.3 Å². The first-order valence-corrected chi connectivity index (χ1v) is 18.4. The van der Waals surface area contributed by atoms with Crippen molar-refractivity contribution in [1.82, 2.24) is 24.5 Å². The van der Waals surface area contributed by atoms with Crippen molar-refractivity contribution in [1.29, 1.82) is 0 Å². The summed E-state index contributed by atoms with van der Waals surface area (Å²) in [6.07, 6.45) is -1.31. The van der Waals surface area contributed by atoms with Gasteiger partial charge in [0.2, 0.25) is 11.8 Å². The lowest BCUT2D eigenvalue weighted by molar-refractivity contribution is -0.143. The zero-order valence-electron chi connectivity index (χ0n) is 27.8. The summed E-state index contributed by atoms with van der Waals surface area (Å²) in [5, 5.41) is 4.74. The van der Waals surface area contributed by atoms with E-state index in [9.17, 15) is 27.6 Å². The van der Waals surface area contributed by atoms with E-state index in [4.69, 9.17) is 17.3 Å². The van der Waals surface area contributed by atoms with Gasteiger partial charge in [-0.05, 0) is 68.3 Å². The number of hydrogen-bond donors (Lipinski definition) is 2. The van der Waals surface area contributed by atoms with Crippen LogP contribution in [0.1, 0.15) is 48.1 Å². The van der Waals surface area contributed by atoms with E-state index in [1.54, 1.807) is 21.1 Å². The van der Waals surface area contributed by atoms with Gasteiger partial charge in [-0.3, -0.25) is 14.5 Å². The van der Waals surface area contributed by atoms with Crippen molar-refractivity contribution >= 4 is 52.2 Å². The zero-order chi connectivity index (χ0) is 34.9. The van der Waals surface area contributed by atoms with Crippen LogP contribution in [0.2, 0.25) is 5.02 Å². The van der Waals surface area contributed by atoms with Crippen LogP contribution in [0.25, 0.3) is 0 Å². The molecule has 4 aliphatic rings.